The number of rotatable bonds is 5. The van der Waals surface area contributed by atoms with Gasteiger partial charge in [0.2, 0.25) is 0 Å². The molecule has 2 aromatic heterocycles. The van der Waals surface area contributed by atoms with Crippen LogP contribution in [-0.4, -0.2) is 42.9 Å². The first-order valence-electron chi connectivity index (χ1n) is 6.33. The van der Waals surface area contributed by atoms with Gasteiger partial charge in [0.05, 0.1) is 0 Å². The molecule has 9 heteroatoms. The molecule has 0 bridgehead atoms. The summed E-state index contributed by atoms with van der Waals surface area (Å²) in [4.78, 5) is 15.9. The first-order valence-corrected chi connectivity index (χ1v) is 8.44. The SMILES string of the molecule is CC(CCS(C)=O)NC(=O)Nc1nc2cc(Cl)ccn2n1. The van der Waals surface area contributed by atoms with Crippen molar-refractivity contribution in [2.45, 2.75) is 19.4 Å². The van der Waals surface area contributed by atoms with Gasteiger partial charge in [-0.3, -0.25) is 9.53 Å². The Morgan fingerprint density at radius 3 is 3.05 bits per heavy atom. The van der Waals surface area contributed by atoms with Crippen molar-refractivity contribution < 1.29 is 9.00 Å². The molecule has 0 aliphatic rings. The maximum Gasteiger partial charge on any atom is 0.321 e. The number of nitrogens with one attached hydrogen (secondary N) is 2. The number of pyridine rings is 1. The third-order valence-corrected chi connectivity index (χ3v) is 3.79. The predicted octanol–water partition coefficient (Wildman–Crippen LogP) is 1.66. The molecule has 0 fully saturated rings. The smallest absolute Gasteiger partial charge is 0.321 e. The van der Waals surface area contributed by atoms with Crippen LogP contribution in [0.1, 0.15) is 13.3 Å². The van der Waals surface area contributed by atoms with Crippen molar-refractivity contribution >= 4 is 40.0 Å². The van der Waals surface area contributed by atoms with E-state index in [2.05, 4.69) is 20.7 Å². The number of anilines is 1. The molecule has 0 radical (unpaired) electrons. The maximum absolute atomic E-state index is 11.8. The van der Waals surface area contributed by atoms with Gasteiger partial charge in [0, 0.05) is 46.1 Å². The van der Waals surface area contributed by atoms with Crippen molar-refractivity contribution in [2.24, 2.45) is 0 Å². The van der Waals surface area contributed by atoms with E-state index in [1.807, 2.05) is 6.92 Å². The summed E-state index contributed by atoms with van der Waals surface area (Å²) in [6, 6.07) is 2.85. The predicted molar refractivity (Wildman–Crippen MR) is 83.2 cm³/mol. The molecule has 2 heterocycles. The number of aromatic nitrogens is 3. The van der Waals surface area contributed by atoms with Crippen molar-refractivity contribution in [1.29, 1.82) is 0 Å². The summed E-state index contributed by atoms with van der Waals surface area (Å²) in [5, 5.41) is 9.95. The minimum atomic E-state index is -0.864. The second-order valence-corrected chi connectivity index (χ2v) is 6.64. The molecule has 0 saturated carbocycles. The van der Waals surface area contributed by atoms with Crippen LogP contribution in [0.15, 0.2) is 18.3 Å². The minimum Gasteiger partial charge on any atom is -0.335 e. The first-order chi connectivity index (χ1) is 9.94. The molecule has 114 valence electrons. The Hall–Kier alpha value is -1.67. The Morgan fingerprint density at radius 1 is 1.57 bits per heavy atom. The standard InChI is InChI=1S/C12H16ClN5O2S/c1-8(4-6-21(2)20)14-12(19)16-11-15-10-7-9(13)3-5-18(10)17-11/h3,5,7-8H,4,6H2,1-2H3,(H2,14,16,17,19). The Balaban J connectivity index is 1.93. The van der Waals surface area contributed by atoms with Crippen molar-refractivity contribution in [1.82, 2.24) is 19.9 Å². The van der Waals surface area contributed by atoms with Crippen LogP contribution in [0.3, 0.4) is 0 Å². The molecule has 2 aromatic rings. The molecule has 2 atom stereocenters. The zero-order chi connectivity index (χ0) is 15.4. The van der Waals surface area contributed by atoms with Crippen LogP contribution in [0.2, 0.25) is 5.02 Å². The molecular weight excluding hydrogens is 314 g/mol. The Kier molecular flexibility index (Phi) is 5.13. The molecule has 2 rings (SSSR count). The summed E-state index contributed by atoms with van der Waals surface area (Å²) in [5.41, 5.74) is 0.548. The normalized spacial score (nSPS) is 13.9. The van der Waals surface area contributed by atoms with Gasteiger partial charge >= 0.3 is 6.03 Å². The summed E-state index contributed by atoms with van der Waals surface area (Å²) in [6.45, 7) is 1.85. The van der Waals surface area contributed by atoms with E-state index < -0.39 is 16.8 Å². The molecule has 2 amide bonds. The van der Waals surface area contributed by atoms with Crippen LogP contribution in [0.5, 0.6) is 0 Å². The number of nitrogens with zero attached hydrogens (tertiary/aromatic N) is 3. The Labute approximate surface area is 129 Å². The molecular formula is C12H16ClN5O2S. The molecule has 0 spiro atoms. The van der Waals surface area contributed by atoms with Gasteiger partial charge in [0.25, 0.3) is 5.95 Å². The van der Waals surface area contributed by atoms with Crippen LogP contribution in [-0.2, 0) is 10.8 Å². The van der Waals surface area contributed by atoms with Gasteiger partial charge in [0.15, 0.2) is 5.65 Å². The zero-order valence-corrected chi connectivity index (χ0v) is 13.2. The van der Waals surface area contributed by atoms with E-state index in [0.717, 1.165) is 0 Å². The van der Waals surface area contributed by atoms with Crippen molar-refractivity contribution in [2.75, 3.05) is 17.3 Å². The number of hydrogen-bond donors (Lipinski definition) is 2. The average Bonchev–Trinajstić information content (AvgIpc) is 2.77. The van der Waals surface area contributed by atoms with E-state index in [-0.39, 0.29) is 12.0 Å². The highest BCUT2D eigenvalue weighted by molar-refractivity contribution is 7.84. The van der Waals surface area contributed by atoms with Gasteiger partial charge in [-0.1, -0.05) is 11.6 Å². The monoisotopic (exact) mass is 329 g/mol. The van der Waals surface area contributed by atoms with E-state index in [9.17, 15) is 9.00 Å². The second kappa shape index (κ2) is 6.86. The van der Waals surface area contributed by atoms with Crippen LogP contribution < -0.4 is 10.6 Å². The van der Waals surface area contributed by atoms with E-state index in [1.165, 1.54) is 4.52 Å². The van der Waals surface area contributed by atoms with E-state index in [0.29, 0.717) is 22.8 Å². The van der Waals surface area contributed by atoms with Gasteiger partial charge in [0.1, 0.15) is 0 Å². The van der Waals surface area contributed by atoms with Gasteiger partial charge < -0.3 is 5.32 Å². The molecule has 21 heavy (non-hydrogen) atoms. The minimum absolute atomic E-state index is 0.0830. The number of carbonyl (C=O) groups is 1. The lowest BCUT2D eigenvalue weighted by atomic mass is 10.3. The molecule has 0 aliphatic heterocycles. The summed E-state index contributed by atoms with van der Waals surface area (Å²) in [6.07, 6.45) is 3.94. The van der Waals surface area contributed by atoms with Gasteiger partial charge in [-0.05, 0) is 19.4 Å². The van der Waals surface area contributed by atoms with Gasteiger partial charge in [-0.15, -0.1) is 5.10 Å². The Morgan fingerprint density at radius 2 is 2.33 bits per heavy atom. The lowest BCUT2D eigenvalue weighted by Crippen LogP contribution is -2.37. The summed E-state index contributed by atoms with van der Waals surface area (Å²) in [7, 11) is -0.864. The number of amides is 2. The lowest BCUT2D eigenvalue weighted by Gasteiger charge is -2.12. The quantitative estimate of drug-likeness (QED) is 0.873. The molecule has 0 aromatic carbocycles. The summed E-state index contributed by atoms with van der Waals surface area (Å²) in [5.74, 6) is 0.744. The highest BCUT2D eigenvalue weighted by Gasteiger charge is 2.11. The fraction of sp³-hybridized carbons (Fsp3) is 0.417. The van der Waals surface area contributed by atoms with Crippen LogP contribution in [0.4, 0.5) is 10.7 Å². The van der Waals surface area contributed by atoms with Crippen molar-refractivity contribution in [3.63, 3.8) is 0 Å². The van der Waals surface area contributed by atoms with E-state index in [4.69, 9.17) is 11.6 Å². The zero-order valence-electron chi connectivity index (χ0n) is 11.7. The molecule has 2 N–H and O–H groups in total. The number of urea groups is 1. The topological polar surface area (TPSA) is 88.4 Å². The Bertz CT molecular complexity index is 675. The highest BCUT2D eigenvalue weighted by atomic mass is 35.5. The fourth-order valence-corrected chi connectivity index (χ4v) is 2.53. The average molecular weight is 330 g/mol. The first kappa shape index (κ1) is 15.7. The highest BCUT2D eigenvalue weighted by Crippen LogP contribution is 2.12. The fourth-order valence-electron chi connectivity index (χ4n) is 1.69. The number of halogens is 1. The van der Waals surface area contributed by atoms with Crippen LogP contribution >= 0.6 is 11.6 Å². The molecule has 0 aliphatic carbocycles. The van der Waals surface area contributed by atoms with Gasteiger partial charge in [-0.25, -0.2) is 9.31 Å². The molecule has 2 unspecified atom stereocenters. The number of fused-ring (bicyclic) bond motifs is 1. The lowest BCUT2D eigenvalue weighted by molar-refractivity contribution is 0.249. The molecule has 0 saturated heterocycles. The van der Waals surface area contributed by atoms with E-state index in [1.54, 1.807) is 24.6 Å². The van der Waals surface area contributed by atoms with Crippen molar-refractivity contribution in [3.05, 3.63) is 23.4 Å². The number of carbonyl (C=O) groups excluding carboxylic acids is 1. The third-order valence-electron chi connectivity index (χ3n) is 2.74. The van der Waals surface area contributed by atoms with Gasteiger partial charge in [-0.2, -0.15) is 4.98 Å². The van der Waals surface area contributed by atoms with Crippen molar-refractivity contribution in [3.8, 4) is 0 Å². The second-order valence-electron chi connectivity index (χ2n) is 4.65. The number of hydrogen-bond acceptors (Lipinski definition) is 4. The van der Waals surface area contributed by atoms with Crippen LogP contribution in [0.25, 0.3) is 5.65 Å². The molecule has 7 nitrogen and oxygen atoms in total. The van der Waals surface area contributed by atoms with E-state index >= 15 is 0 Å². The maximum atomic E-state index is 11.8. The van der Waals surface area contributed by atoms with Crippen LogP contribution in [0, 0.1) is 0 Å². The third kappa shape index (κ3) is 4.68. The largest absolute Gasteiger partial charge is 0.335 e. The summed E-state index contributed by atoms with van der Waals surface area (Å²) < 4.78 is 12.5. The summed E-state index contributed by atoms with van der Waals surface area (Å²) >= 11 is 5.86.